The van der Waals surface area contributed by atoms with E-state index in [0.717, 1.165) is 0 Å². The lowest BCUT2D eigenvalue weighted by atomic mass is 10.4. The Hall–Kier alpha value is -0.870. The highest BCUT2D eigenvalue weighted by atomic mass is 31.2. The highest BCUT2D eigenvalue weighted by molar-refractivity contribution is 7.58. The molecule has 0 bridgehead atoms. The number of esters is 1. The minimum absolute atomic E-state index is 0.191. The number of carbonyl (C=O) groups excluding carboxylic acids is 2. The van der Waals surface area contributed by atoms with Crippen LogP contribution in [0.4, 0.5) is 0 Å². The summed E-state index contributed by atoms with van der Waals surface area (Å²) in [6, 6.07) is 0. The van der Waals surface area contributed by atoms with Gasteiger partial charge in [-0.15, -0.1) is 0 Å². The number of hydrogen-bond donors (Lipinski definition) is 1. The van der Waals surface area contributed by atoms with Gasteiger partial charge in [0.15, 0.2) is 6.10 Å². The molecule has 100 valence electrons. The fourth-order valence-corrected chi connectivity index (χ4v) is 2.50. The summed E-state index contributed by atoms with van der Waals surface area (Å²) in [7, 11) is -2.90. The average Bonchev–Trinajstić information content (AvgIpc) is 2.16. The van der Waals surface area contributed by atoms with E-state index in [0.29, 0.717) is 0 Å². The average molecular weight is 265 g/mol. The van der Waals surface area contributed by atoms with Crippen molar-refractivity contribution in [2.45, 2.75) is 26.9 Å². The predicted molar refractivity (Wildman–Crippen MR) is 64.3 cm³/mol. The first-order valence-corrected chi connectivity index (χ1v) is 7.70. The first kappa shape index (κ1) is 16.1. The van der Waals surface area contributed by atoms with Crippen molar-refractivity contribution in [1.82, 2.24) is 5.32 Å². The summed E-state index contributed by atoms with van der Waals surface area (Å²) in [4.78, 5) is 21.9. The molecule has 1 N–H and O–H groups in total. The normalized spacial score (nSPS) is 15.8. The van der Waals surface area contributed by atoms with Crippen molar-refractivity contribution in [3.63, 3.8) is 0 Å². The van der Waals surface area contributed by atoms with E-state index in [1.165, 1.54) is 20.5 Å². The van der Waals surface area contributed by atoms with Crippen LogP contribution in [0.5, 0.6) is 0 Å². The second kappa shape index (κ2) is 7.45. The second-order valence-corrected chi connectivity index (χ2v) is 6.41. The van der Waals surface area contributed by atoms with Crippen LogP contribution in [0.25, 0.3) is 0 Å². The van der Waals surface area contributed by atoms with Crippen molar-refractivity contribution in [3.05, 3.63) is 0 Å². The zero-order chi connectivity index (χ0) is 13.5. The third kappa shape index (κ3) is 7.94. The summed E-state index contributed by atoms with van der Waals surface area (Å²) in [5.41, 5.74) is 0. The summed E-state index contributed by atoms with van der Waals surface area (Å²) in [6.07, 6.45) is -0.667. The third-order valence-electron chi connectivity index (χ3n) is 1.89. The zero-order valence-electron chi connectivity index (χ0n) is 10.7. The molecule has 0 spiro atoms. The first-order valence-electron chi connectivity index (χ1n) is 5.44. The molecule has 0 radical (unpaired) electrons. The molecular formula is C10H20NO5P. The van der Waals surface area contributed by atoms with Gasteiger partial charge < -0.3 is 14.6 Å². The lowest BCUT2D eigenvalue weighted by molar-refractivity contribution is -0.150. The molecule has 0 rings (SSSR count). The number of ether oxygens (including phenoxy) is 1. The molecule has 1 unspecified atom stereocenters. The molecule has 0 fully saturated rings. The highest BCUT2D eigenvalue weighted by Crippen LogP contribution is 2.43. The Balaban J connectivity index is 4.10. The molecule has 0 aliphatic heterocycles. The fourth-order valence-electron chi connectivity index (χ4n) is 1.12. The Morgan fingerprint density at radius 1 is 1.41 bits per heavy atom. The van der Waals surface area contributed by atoms with Gasteiger partial charge in [-0.25, -0.2) is 4.79 Å². The number of rotatable bonds is 7. The van der Waals surface area contributed by atoms with Gasteiger partial charge in [-0.2, -0.15) is 0 Å². The monoisotopic (exact) mass is 265 g/mol. The topological polar surface area (TPSA) is 81.7 Å². The van der Waals surface area contributed by atoms with E-state index in [9.17, 15) is 14.2 Å². The molecule has 0 aromatic heterocycles. The number of hydrogen-bond acceptors (Lipinski definition) is 5. The largest absolute Gasteiger partial charge is 0.464 e. The number of carbonyl (C=O) groups is 2. The highest BCUT2D eigenvalue weighted by Gasteiger charge is 2.24. The molecule has 0 saturated carbocycles. The molecule has 17 heavy (non-hydrogen) atoms. The maximum atomic E-state index is 11.9. The van der Waals surface area contributed by atoms with E-state index >= 15 is 0 Å². The van der Waals surface area contributed by atoms with Crippen molar-refractivity contribution in [3.8, 4) is 0 Å². The van der Waals surface area contributed by atoms with Gasteiger partial charge in [0.05, 0.1) is 6.61 Å². The van der Waals surface area contributed by atoms with Gasteiger partial charge in [0.1, 0.15) is 0 Å². The van der Waals surface area contributed by atoms with Crippen molar-refractivity contribution in [1.29, 1.82) is 0 Å². The molecule has 0 heterocycles. The minimum Gasteiger partial charge on any atom is -0.464 e. The molecule has 2 atom stereocenters. The van der Waals surface area contributed by atoms with Crippen LogP contribution in [-0.4, -0.2) is 44.0 Å². The SMILES string of the molecule is CCOC(=O)[C@H](C)OP(C)(=O)CCNC(C)=O. The van der Waals surface area contributed by atoms with E-state index in [1.807, 2.05) is 0 Å². The van der Waals surface area contributed by atoms with Gasteiger partial charge in [0.25, 0.3) is 0 Å². The van der Waals surface area contributed by atoms with Gasteiger partial charge >= 0.3 is 5.97 Å². The lowest BCUT2D eigenvalue weighted by Gasteiger charge is -2.18. The smallest absolute Gasteiger partial charge is 0.335 e. The molecule has 0 aromatic carbocycles. The third-order valence-corrected chi connectivity index (χ3v) is 3.69. The van der Waals surface area contributed by atoms with E-state index in [2.05, 4.69) is 5.32 Å². The standard InChI is InChI=1S/C10H20NO5P/c1-5-15-10(13)8(2)16-17(4,14)7-6-11-9(3)12/h8H,5-7H2,1-4H3,(H,11,12)/t8-,17?/m0/s1. The molecule has 0 aliphatic carbocycles. The quantitative estimate of drug-likeness (QED) is 0.548. The van der Waals surface area contributed by atoms with Crippen LogP contribution in [0.3, 0.4) is 0 Å². The van der Waals surface area contributed by atoms with Gasteiger partial charge in [-0.05, 0) is 13.8 Å². The first-order chi connectivity index (χ1) is 7.78. The molecule has 1 amide bonds. The summed E-state index contributed by atoms with van der Waals surface area (Å²) >= 11 is 0. The molecule has 6 nitrogen and oxygen atoms in total. The number of nitrogens with one attached hydrogen (secondary N) is 1. The van der Waals surface area contributed by atoms with Gasteiger partial charge in [-0.1, -0.05) is 0 Å². The fraction of sp³-hybridized carbons (Fsp3) is 0.800. The van der Waals surface area contributed by atoms with E-state index in [1.54, 1.807) is 6.92 Å². The Morgan fingerprint density at radius 2 is 2.00 bits per heavy atom. The van der Waals surface area contributed by atoms with Gasteiger partial charge in [0, 0.05) is 26.3 Å². The summed E-state index contributed by atoms with van der Waals surface area (Å²) in [5, 5.41) is 2.52. The molecular weight excluding hydrogens is 245 g/mol. The molecule has 0 aliphatic rings. The van der Waals surface area contributed by atoms with Gasteiger partial charge in [0.2, 0.25) is 13.3 Å². The van der Waals surface area contributed by atoms with Crippen LogP contribution in [0.2, 0.25) is 0 Å². The van der Waals surface area contributed by atoms with Crippen LogP contribution < -0.4 is 5.32 Å². The Labute approximate surface area is 101 Å². The Bertz CT molecular complexity index is 318. The summed E-state index contributed by atoms with van der Waals surface area (Å²) in [6.45, 7) is 6.51. The number of amides is 1. The van der Waals surface area contributed by atoms with E-state index < -0.39 is 19.4 Å². The van der Waals surface area contributed by atoms with Crippen molar-refractivity contribution >= 4 is 19.2 Å². The second-order valence-electron chi connectivity index (χ2n) is 3.72. The predicted octanol–water partition coefficient (Wildman–Crippen LogP) is 0.999. The van der Waals surface area contributed by atoms with Crippen LogP contribution >= 0.6 is 7.37 Å². The van der Waals surface area contributed by atoms with Crippen molar-refractivity contribution in [2.75, 3.05) is 26.0 Å². The van der Waals surface area contributed by atoms with Crippen LogP contribution in [0.1, 0.15) is 20.8 Å². The summed E-state index contributed by atoms with van der Waals surface area (Å²) in [5.74, 6) is -0.724. The molecule has 0 saturated heterocycles. The Kier molecular flexibility index (Phi) is 7.07. The van der Waals surface area contributed by atoms with Crippen molar-refractivity contribution < 1.29 is 23.4 Å². The maximum absolute atomic E-state index is 11.9. The molecule has 7 heteroatoms. The maximum Gasteiger partial charge on any atom is 0.335 e. The van der Waals surface area contributed by atoms with E-state index in [-0.39, 0.29) is 25.2 Å². The van der Waals surface area contributed by atoms with E-state index in [4.69, 9.17) is 9.26 Å². The van der Waals surface area contributed by atoms with Crippen molar-refractivity contribution in [2.24, 2.45) is 0 Å². The van der Waals surface area contributed by atoms with Crippen LogP contribution in [-0.2, 0) is 23.4 Å². The summed E-state index contributed by atoms with van der Waals surface area (Å²) < 4.78 is 21.8. The van der Waals surface area contributed by atoms with Crippen LogP contribution in [0.15, 0.2) is 0 Å². The van der Waals surface area contributed by atoms with Gasteiger partial charge in [-0.3, -0.25) is 9.36 Å². The zero-order valence-corrected chi connectivity index (χ0v) is 11.6. The van der Waals surface area contributed by atoms with Crippen LogP contribution in [0, 0.1) is 0 Å². The Morgan fingerprint density at radius 3 is 2.47 bits per heavy atom. The molecule has 0 aromatic rings. The minimum atomic E-state index is -2.90. The lowest BCUT2D eigenvalue weighted by Crippen LogP contribution is -2.26.